The largest absolute Gasteiger partial charge is 0.480 e. The molecule has 0 saturated carbocycles. The van der Waals surface area contributed by atoms with Gasteiger partial charge in [0.1, 0.15) is 11.9 Å². The van der Waals surface area contributed by atoms with Gasteiger partial charge in [-0.05, 0) is 18.2 Å². The van der Waals surface area contributed by atoms with Gasteiger partial charge < -0.3 is 15.7 Å². The van der Waals surface area contributed by atoms with E-state index in [2.05, 4.69) is 4.98 Å². The van der Waals surface area contributed by atoms with E-state index in [1.54, 1.807) is 29.5 Å². The Bertz CT molecular complexity index is 602. The number of rotatable bonds is 4. The summed E-state index contributed by atoms with van der Waals surface area (Å²) in [5.74, 6) is -1.48. The van der Waals surface area contributed by atoms with Gasteiger partial charge in [-0.1, -0.05) is 6.07 Å². The zero-order chi connectivity index (χ0) is 14.0. The van der Waals surface area contributed by atoms with Crippen molar-refractivity contribution in [1.82, 2.24) is 4.98 Å². The van der Waals surface area contributed by atoms with Crippen molar-refractivity contribution in [3.05, 3.63) is 41.2 Å². The molecule has 2 aromatic rings. The van der Waals surface area contributed by atoms with Crippen molar-refractivity contribution in [2.75, 3.05) is 11.9 Å². The van der Waals surface area contributed by atoms with Gasteiger partial charge in [0.05, 0.1) is 5.69 Å². The van der Waals surface area contributed by atoms with Gasteiger partial charge in [-0.3, -0.25) is 4.79 Å². The minimum Gasteiger partial charge on any atom is -0.480 e. The first-order valence-electron chi connectivity index (χ1n) is 5.42. The maximum absolute atomic E-state index is 13.1. The van der Waals surface area contributed by atoms with Crippen molar-refractivity contribution in [3.8, 4) is 0 Å². The van der Waals surface area contributed by atoms with Crippen LogP contribution >= 0.6 is 11.3 Å². The van der Waals surface area contributed by atoms with Crippen molar-refractivity contribution >= 4 is 28.1 Å². The number of carboxylic acid groups (broad SMARTS) is 1. The summed E-state index contributed by atoms with van der Waals surface area (Å²) >= 11 is 1.25. The number of carbonyl (C=O) groups is 1. The molecule has 1 aromatic heterocycles. The maximum Gasteiger partial charge on any atom is 0.326 e. The van der Waals surface area contributed by atoms with Crippen LogP contribution in [0.2, 0.25) is 0 Å². The molecular formula is C12H12FN3O2S. The molecule has 0 fully saturated rings. The smallest absolute Gasteiger partial charge is 0.326 e. The van der Waals surface area contributed by atoms with Gasteiger partial charge in [0.2, 0.25) is 0 Å². The fourth-order valence-corrected chi connectivity index (χ4v) is 2.34. The van der Waals surface area contributed by atoms with Gasteiger partial charge in [0.15, 0.2) is 5.13 Å². The number of halogens is 1. The summed E-state index contributed by atoms with van der Waals surface area (Å²) in [6.07, 6.45) is 0. The molecule has 19 heavy (non-hydrogen) atoms. The second kappa shape index (κ2) is 5.33. The number of thiazole rings is 1. The molecule has 0 amide bonds. The predicted octanol–water partition coefficient (Wildman–Crippen LogP) is 2.13. The van der Waals surface area contributed by atoms with Crippen LogP contribution in [0, 0.1) is 5.82 Å². The lowest BCUT2D eigenvalue weighted by atomic mass is 10.2. The van der Waals surface area contributed by atoms with E-state index in [0.717, 1.165) is 0 Å². The highest BCUT2D eigenvalue weighted by molar-refractivity contribution is 7.13. The zero-order valence-electron chi connectivity index (χ0n) is 10.1. The van der Waals surface area contributed by atoms with Gasteiger partial charge in [0.25, 0.3) is 0 Å². The molecule has 0 bridgehead atoms. The number of carboxylic acids is 1. The van der Waals surface area contributed by atoms with Crippen LogP contribution in [-0.2, 0) is 4.79 Å². The molecule has 5 nitrogen and oxygen atoms in total. The first-order valence-corrected chi connectivity index (χ1v) is 6.30. The van der Waals surface area contributed by atoms with Crippen molar-refractivity contribution in [2.45, 2.75) is 6.04 Å². The third-order valence-electron chi connectivity index (χ3n) is 2.58. The van der Waals surface area contributed by atoms with E-state index in [-0.39, 0.29) is 11.5 Å². The van der Waals surface area contributed by atoms with Gasteiger partial charge in [-0.25, -0.2) is 9.37 Å². The number of anilines is 2. The number of nitrogens with zero attached hydrogens (tertiary/aromatic N) is 2. The average Bonchev–Trinajstić information content (AvgIpc) is 2.86. The zero-order valence-corrected chi connectivity index (χ0v) is 10.9. The van der Waals surface area contributed by atoms with Gasteiger partial charge in [-0.15, -0.1) is 11.3 Å². The minimum atomic E-state index is -1.15. The molecular weight excluding hydrogens is 269 g/mol. The molecule has 1 atom stereocenters. The molecule has 0 aliphatic carbocycles. The van der Waals surface area contributed by atoms with Crippen LogP contribution in [0.25, 0.3) is 0 Å². The Labute approximate surface area is 113 Å². The summed E-state index contributed by atoms with van der Waals surface area (Å²) in [6, 6.07) is 4.91. The topological polar surface area (TPSA) is 79.5 Å². The molecule has 7 heteroatoms. The van der Waals surface area contributed by atoms with E-state index in [1.165, 1.54) is 23.5 Å². The first-order chi connectivity index (χ1) is 8.99. The Hall–Kier alpha value is -1.99. The van der Waals surface area contributed by atoms with Crippen molar-refractivity contribution in [2.24, 2.45) is 5.73 Å². The third-order valence-corrected chi connectivity index (χ3v) is 3.51. The van der Waals surface area contributed by atoms with Crippen LogP contribution in [0.4, 0.5) is 15.2 Å². The van der Waals surface area contributed by atoms with Gasteiger partial charge in [0, 0.05) is 18.1 Å². The van der Waals surface area contributed by atoms with E-state index in [0.29, 0.717) is 10.8 Å². The number of aliphatic carboxylic acids is 1. The number of aromatic nitrogens is 1. The molecule has 1 unspecified atom stereocenters. The molecule has 0 aliphatic rings. The lowest BCUT2D eigenvalue weighted by molar-refractivity contribution is -0.138. The monoisotopic (exact) mass is 281 g/mol. The second-order valence-electron chi connectivity index (χ2n) is 3.91. The quantitative estimate of drug-likeness (QED) is 0.897. The highest BCUT2D eigenvalue weighted by Crippen LogP contribution is 2.28. The molecule has 0 spiro atoms. The Morgan fingerprint density at radius 2 is 2.32 bits per heavy atom. The lowest BCUT2D eigenvalue weighted by Gasteiger charge is -2.15. The van der Waals surface area contributed by atoms with Crippen molar-refractivity contribution in [1.29, 1.82) is 0 Å². The van der Waals surface area contributed by atoms with Crippen LogP contribution in [0.15, 0.2) is 29.6 Å². The summed E-state index contributed by atoms with van der Waals surface area (Å²) in [7, 11) is 1.73. The van der Waals surface area contributed by atoms with Gasteiger partial charge >= 0.3 is 5.97 Å². The van der Waals surface area contributed by atoms with Crippen LogP contribution in [0.1, 0.15) is 11.7 Å². The summed E-state index contributed by atoms with van der Waals surface area (Å²) < 4.78 is 13.1. The molecule has 100 valence electrons. The van der Waals surface area contributed by atoms with Crippen LogP contribution in [0.5, 0.6) is 0 Å². The highest BCUT2D eigenvalue weighted by atomic mass is 32.1. The third kappa shape index (κ3) is 2.88. The highest BCUT2D eigenvalue weighted by Gasteiger charge is 2.19. The summed E-state index contributed by atoms with van der Waals surface area (Å²) in [5.41, 5.74) is 6.40. The molecule has 1 aromatic carbocycles. The second-order valence-corrected chi connectivity index (χ2v) is 4.75. The fourth-order valence-electron chi connectivity index (χ4n) is 1.49. The normalized spacial score (nSPS) is 12.2. The number of hydrogen-bond acceptors (Lipinski definition) is 5. The van der Waals surface area contributed by atoms with E-state index < -0.39 is 12.0 Å². The van der Waals surface area contributed by atoms with Gasteiger partial charge in [-0.2, -0.15) is 0 Å². The summed E-state index contributed by atoms with van der Waals surface area (Å²) in [6.45, 7) is 0. The molecule has 2 rings (SSSR count). The van der Waals surface area contributed by atoms with E-state index in [1.807, 2.05) is 0 Å². The Morgan fingerprint density at radius 3 is 2.95 bits per heavy atom. The predicted molar refractivity (Wildman–Crippen MR) is 71.1 cm³/mol. The van der Waals surface area contributed by atoms with E-state index in [9.17, 15) is 9.18 Å². The number of benzene rings is 1. The van der Waals surface area contributed by atoms with E-state index in [4.69, 9.17) is 10.8 Å². The van der Waals surface area contributed by atoms with E-state index >= 15 is 0 Å². The maximum atomic E-state index is 13.1. The SMILES string of the molecule is CN(c1cccc(F)c1)c1nc(C(N)C(=O)O)cs1. The van der Waals surface area contributed by atoms with Crippen molar-refractivity contribution in [3.63, 3.8) is 0 Å². The first kappa shape index (κ1) is 13.4. The fraction of sp³-hybridized carbons (Fsp3) is 0.167. The standard InChI is InChI=1S/C12H12FN3O2S/c1-16(8-4-2-3-7(13)5-8)12-15-9(6-19-12)10(14)11(17)18/h2-6,10H,14H2,1H3,(H,17,18). The lowest BCUT2D eigenvalue weighted by Crippen LogP contribution is -2.21. The molecule has 0 saturated heterocycles. The average molecular weight is 281 g/mol. The Kier molecular flexibility index (Phi) is 3.77. The van der Waals surface area contributed by atoms with Crippen LogP contribution in [0.3, 0.4) is 0 Å². The number of hydrogen-bond donors (Lipinski definition) is 2. The summed E-state index contributed by atoms with van der Waals surface area (Å²) in [5, 5.41) is 11.0. The molecule has 0 radical (unpaired) electrons. The Morgan fingerprint density at radius 1 is 1.58 bits per heavy atom. The molecule has 3 N–H and O–H groups in total. The van der Waals surface area contributed by atoms with Crippen LogP contribution in [-0.4, -0.2) is 23.1 Å². The summed E-state index contributed by atoms with van der Waals surface area (Å²) in [4.78, 5) is 16.6. The number of nitrogens with two attached hydrogens (primary N) is 1. The molecule has 0 aliphatic heterocycles. The Balaban J connectivity index is 2.25. The molecule has 1 heterocycles. The van der Waals surface area contributed by atoms with Crippen LogP contribution < -0.4 is 10.6 Å². The minimum absolute atomic E-state index is 0.288. The van der Waals surface area contributed by atoms with Crippen molar-refractivity contribution < 1.29 is 14.3 Å².